The zero-order valence-electron chi connectivity index (χ0n) is 18.9. The van der Waals surface area contributed by atoms with Gasteiger partial charge in [0.05, 0.1) is 37.9 Å². The smallest absolute Gasteiger partial charge is 0.222 e. The second-order valence-corrected chi connectivity index (χ2v) is 8.98. The monoisotopic (exact) mass is 456 g/mol. The van der Waals surface area contributed by atoms with Gasteiger partial charge in [-0.2, -0.15) is 0 Å². The molecule has 7 heteroatoms. The van der Waals surface area contributed by atoms with Crippen LogP contribution >= 0.6 is 0 Å². The molecule has 4 rings (SSSR count). The van der Waals surface area contributed by atoms with Crippen molar-refractivity contribution in [2.45, 2.75) is 56.6 Å². The van der Waals surface area contributed by atoms with Gasteiger partial charge in [0.25, 0.3) is 0 Å². The summed E-state index contributed by atoms with van der Waals surface area (Å²) >= 11 is 0. The molecule has 0 saturated carbocycles. The fraction of sp³-hybridized carbons (Fsp3) is 0.500. The lowest BCUT2D eigenvalue weighted by Crippen LogP contribution is -2.55. The van der Waals surface area contributed by atoms with Gasteiger partial charge in [-0.1, -0.05) is 42.5 Å². The van der Waals surface area contributed by atoms with Gasteiger partial charge in [0.1, 0.15) is 5.82 Å². The van der Waals surface area contributed by atoms with Crippen molar-refractivity contribution >= 4 is 5.91 Å². The number of hydrogen-bond acceptors (Lipinski definition) is 5. The average Bonchev–Trinajstić information content (AvgIpc) is 2.80. The summed E-state index contributed by atoms with van der Waals surface area (Å²) < 4.78 is 25.3. The molecule has 4 atom stereocenters. The Hall–Kier alpha value is -2.32. The second-order valence-electron chi connectivity index (χ2n) is 8.98. The maximum atomic E-state index is 13.3. The van der Waals surface area contributed by atoms with Crippen molar-refractivity contribution in [1.82, 2.24) is 10.2 Å². The first-order chi connectivity index (χ1) is 16.1. The van der Waals surface area contributed by atoms with Crippen LogP contribution in [0.15, 0.2) is 54.6 Å². The molecule has 0 radical (unpaired) electrons. The van der Waals surface area contributed by atoms with E-state index in [-0.39, 0.29) is 36.6 Å². The molecule has 33 heavy (non-hydrogen) atoms. The van der Waals surface area contributed by atoms with Crippen molar-refractivity contribution in [3.8, 4) is 0 Å². The molecular formula is C26H33FN2O4. The Kier molecular flexibility index (Phi) is 8.45. The first-order valence-corrected chi connectivity index (χ1v) is 11.8. The molecule has 2 heterocycles. The molecule has 2 aromatic carbocycles. The van der Waals surface area contributed by atoms with Crippen LogP contribution in [0.4, 0.5) is 4.39 Å². The number of amides is 1. The zero-order valence-corrected chi connectivity index (χ0v) is 18.9. The number of ether oxygens (including phenoxy) is 2. The fourth-order valence-electron chi connectivity index (χ4n) is 4.72. The minimum atomic E-state index is -0.584. The summed E-state index contributed by atoms with van der Waals surface area (Å²) in [7, 11) is 0. The number of aliphatic hydroxyl groups is 1. The molecule has 2 N–H and O–H groups in total. The van der Waals surface area contributed by atoms with Crippen LogP contribution in [-0.2, 0) is 27.2 Å². The van der Waals surface area contributed by atoms with Crippen LogP contribution in [0.2, 0.25) is 0 Å². The van der Waals surface area contributed by atoms with E-state index in [0.717, 1.165) is 24.8 Å². The number of halogens is 1. The number of hydrogen-bond donors (Lipinski definition) is 2. The van der Waals surface area contributed by atoms with Gasteiger partial charge >= 0.3 is 0 Å². The Morgan fingerprint density at radius 2 is 1.85 bits per heavy atom. The first-order valence-electron chi connectivity index (χ1n) is 11.8. The quantitative estimate of drug-likeness (QED) is 0.671. The lowest BCUT2D eigenvalue weighted by atomic mass is 9.94. The molecule has 178 valence electrons. The third-order valence-corrected chi connectivity index (χ3v) is 6.38. The summed E-state index contributed by atoms with van der Waals surface area (Å²) in [6.45, 7) is 2.30. The lowest BCUT2D eigenvalue weighted by molar-refractivity contribution is -0.158. The highest BCUT2D eigenvalue weighted by atomic mass is 19.1. The summed E-state index contributed by atoms with van der Waals surface area (Å²) in [6, 6.07) is 16.6. The number of β-amino-alcohol motifs (C(OH)–C–C–N with tert-alkyl or cyclic N) is 1. The Balaban J connectivity index is 1.30. The number of carbonyl (C=O) groups excluding carboxylic acids is 1. The molecule has 2 aliphatic heterocycles. The van der Waals surface area contributed by atoms with E-state index in [4.69, 9.17) is 9.47 Å². The van der Waals surface area contributed by atoms with E-state index in [1.807, 2.05) is 18.2 Å². The van der Waals surface area contributed by atoms with E-state index < -0.39 is 6.10 Å². The Morgan fingerprint density at radius 3 is 2.64 bits per heavy atom. The number of aliphatic hydroxyl groups excluding tert-OH is 1. The SMILES string of the molecule is O=C(C[C@@H]1CC[C@@H]2[C@H](COC[C@H](O)CN2Cc2ccc(F)cc2)O1)NCCc1ccccc1. The van der Waals surface area contributed by atoms with Crippen molar-refractivity contribution in [1.29, 1.82) is 0 Å². The minimum Gasteiger partial charge on any atom is -0.389 e. The molecule has 2 fully saturated rings. The highest BCUT2D eigenvalue weighted by Crippen LogP contribution is 2.28. The summed E-state index contributed by atoms with van der Waals surface area (Å²) in [6.07, 6.45) is 1.85. The van der Waals surface area contributed by atoms with Gasteiger partial charge in [0.2, 0.25) is 5.91 Å². The van der Waals surface area contributed by atoms with Gasteiger partial charge in [0, 0.05) is 25.7 Å². The highest BCUT2D eigenvalue weighted by Gasteiger charge is 2.38. The van der Waals surface area contributed by atoms with Crippen LogP contribution in [0, 0.1) is 5.82 Å². The second kappa shape index (κ2) is 11.7. The molecule has 2 saturated heterocycles. The standard InChI is InChI=1S/C26H33FN2O4/c27-21-8-6-20(7-9-21)15-29-16-22(30)17-32-18-25-24(29)11-10-23(33-25)14-26(31)28-13-12-19-4-2-1-3-5-19/h1-9,22-25,30H,10-18H2,(H,28,31)/t22-,23+,24-,25+/m1/s1. The molecule has 0 aliphatic carbocycles. The number of nitrogens with one attached hydrogen (secondary N) is 1. The van der Waals surface area contributed by atoms with Gasteiger partial charge in [-0.05, 0) is 42.5 Å². The Bertz CT molecular complexity index is 880. The van der Waals surface area contributed by atoms with E-state index in [0.29, 0.717) is 32.7 Å². The largest absolute Gasteiger partial charge is 0.389 e. The summed E-state index contributed by atoms with van der Waals surface area (Å²) in [5.41, 5.74) is 2.19. The number of fused-ring (bicyclic) bond motifs is 1. The summed E-state index contributed by atoms with van der Waals surface area (Å²) in [5.74, 6) is -0.261. The summed E-state index contributed by atoms with van der Waals surface area (Å²) in [4.78, 5) is 14.7. The van der Waals surface area contributed by atoms with Crippen molar-refractivity contribution in [3.05, 3.63) is 71.5 Å². The van der Waals surface area contributed by atoms with E-state index in [2.05, 4.69) is 22.3 Å². The van der Waals surface area contributed by atoms with Crippen LogP contribution in [-0.4, -0.2) is 66.6 Å². The van der Waals surface area contributed by atoms with Gasteiger partial charge in [-0.25, -0.2) is 4.39 Å². The van der Waals surface area contributed by atoms with E-state index in [1.54, 1.807) is 12.1 Å². The lowest BCUT2D eigenvalue weighted by Gasteiger charge is -2.44. The first kappa shape index (κ1) is 23.8. The molecule has 0 unspecified atom stereocenters. The normalized spacial score (nSPS) is 26.1. The van der Waals surface area contributed by atoms with Crippen molar-refractivity contribution < 1.29 is 23.8 Å². The molecule has 2 aromatic rings. The molecule has 0 aromatic heterocycles. The van der Waals surface area contributed by atoms with Crippen molar-refractivity contribution in [3.63, 3.8) is 0 Å². The van der Waals surface area contributed by atoms with E-state index in [9.17, 15) is 14.3 Å². The molecule has 6 nitrogen and oxygen atoms in total. The number of benzene rings is 2. The molecule has 0 spiro atoms. The zero-order chi connectivity index (χ0) is 23.0. The maximum absolute atomic E-state index is 13.3. The van der Waals surface area contributed by atoms with Gasteiger partial charge in [-0.15, -0.1) is 0 Å². The van der Waals surface area contributed by atoms with E-state index in [1.165, 1.54) is 17.7 Å². The van der Waals surface area contributed by atoms with Crippen molar-refractivity contribution in [2.75, 3.05) is 26.3 Å². The fourth-order valence-corrected chi connectivity index (χ4v) is 4.72. The molecule has 0 bridgehead atoms. The van der Waals surface area contributed by atoms with Crippen LogP contribution in [0.1, 0.15) is 30.4 Å². The third-order valence-electron chi connectivity index (χ3n) is 6.38. The van der Waals surface area contributed by atoms with Gasteiger partial charge in [0.15, 0.2) is 0 Å². The van der Waals surface area contributed by atoms with Crippen LogP contribution < -0.4 is 5.32 Å². The molecule has 2 aliphatic rings. The topological polar surface area (TPSA) is 71.0 Å². The Labute approximate surface area is 194 Å². The predicted octanol–water partition coefficient (Wildman–Crippen LogP) is 2.68. The highest BCUT2D eigenvalue weighted by molar-refractivity contribution is 5.76. The molecular weight excluding hydrogens is 423 g/mol. The average molecular weight is 457 g/mol. The number of rotatable bonds is 7. The third kappa shape index (κ3) is 7.08. The predicted molar refractivity (Wildman–Crippen MR) is 123 cm³/mol. The van der Waals surface area contributed by atoms with E-state index >= 15 is 0 Å². The number of nitrogens with zero attached hydrogens (tertiary/aromatic N) is 1. The minimum absolute atomic E-state index is 0.000246. The molecule has 1 amide bonds. The van der Waals surface area contributed by atoms with Crippen molar-refractivity contribution in [2.24, 2.45) is 0 Å². The van der Waals surface area contributed by atoms with Crippen LogP contribution in [0.3, 0.4) is 0 Å². The van der Waals surface area contributed by atoms with Crippen LogP contribution in [0.5, 0.6) is 0 Å². The summed E-state index contributed by atoms with van der Waals surface area (Å²) in [5, 5.41) is 13.3. The van der Waals surface area contributed by atoms with Crippen LogP contribution in [0.25, 0.3) is 0 Å². The maximum Gasteiger partial charge on any atom is 0.222 e. The Morgan fingerprint density at radius 1 is 1.06 bits per heavy atom. The van der Waals surface area contributed by atoms with Gasteiger partial charge in [-0.3, -0.25) is 9.69 Å². The van der Waals surface area contributed by atoms with Gasteiger partial charge < -0.3 is 19.9 Å². The number of carbonyl (C=O) groups is 1.